The van der Waals surface area contributed by atoms with Crippen LogP contribution in [0.5, 0.6) is 0 Å². The summed E-state index contributed by atoms with van der Waals surface area (Å²) in [4.78, 5) is 16.6. The lowest BCUT2D eigenvalue weighted by Gasteiger charge is -2.10. The van der Waals surface area contributed by atoms with Gasteiger partial charge in [0.1, 0.15) is 5.82 Å². The van der Waals surface area contributed by atoms with Crippen LogP contribution in [-0.2, 0) is 13.0 Å². The van der Waals surface area contributed by atoms with Crippen molar-refractivity contribution in [2.75, 3.05) is 11.9 Å². The zero-order valence-electron chi connectivity index (χ0n) is 14.7. The predicted octanol–water partition coefficient (Wildman–Crippen LogP) is 4.12. The molecule has 3 aromatic rings. The molecular weight excluding hydrogens is 312 g/mol. The van der Waals surface area contributed by atoms with Crippen LogP contribution in [-0.4, -0.2) is 22.1 Å². The summed E-state index contributed by atoms with van der Waals surface area (Å²) in [6.07, 6.45) is 2.18. The van der Waals surface area contributed by atoms with Crippen LogP contribution in [0.25, 0.3) is 11.0 Å². The van der Waals surface area contributed by atoms with Gasteiger partial charge in [0.2, 0.25) is 0 Å². The van der Waals surface area contributed by atoms with Gasteiger partial charge in [-0.15, -0.1) is 0 Å². The molecule has 5 nitrogen and oxygen atoms in total. The average Bonchev–Trinajstić information content (AvgIpc) is 2.93. The summed E-state index contributed by atoms with van der Waals surface area (Å²) in [6, 6.07) is 15.8. The highest BCUT2D eigenvalue weighted by Gasteiger charge is 2.07. The van der Waals surface area contributed by atoms with E-state index >= 15 is 0 Å². The van der Waals surface area contributed by atoms with E-state index in [-0.39, 0.29) is 6.03 Å². The zero-order chi connectivity index (χ0) is 17.6. The Morgan fingerprint density at radius 3 is 2.64 bits per heavy atom. The van der Waals surface area contributed by atoms with E-state index in [9.17, 15) is 4.79 Å². The van der Waals surface area contributed by atoms with Crippen LogP contribution in [0.2, 0.25) is 0 Å². The molecule has 0 aliphatic carbocycles. The first kappa shape index (κ1) is 17.0. The highest BCUT2D eigenvalue weighted by atomic mass is 16.2. The third kappa shape index (κ3) is 4.18. The Bertz CT molecular complexity index is 852. The van der Waals surface area contributed by atoms with E-state index in [1.54, 1.807) is 0 Å². The van der Waals surface area contributed by atoms with Crippen LogP contribution in [0.4, 0.5) is 10.5 Å². The fraction of sp³-hybridized carbons (Fsp3) is 0.300. The summed E-state index contributed by atoms with van der Waals surface area (Å²) in [6.45, 7) is 5.37. The van der Waals surface area contributed by atoms with Crippen molar-refractivity contribution in [1.82, 2.24) is 14.9 Å². The summed E-state index contributed by atoms with van der Waals surface area (Å²) in [7, 11) is 0. The molecule has 5 heteroatoms. The number of fused-ring (bicyclic) bond motifs is 1. The van der Waals surface area contributed by atoms with Crippen LogP contribution in [0.3, 0.4) is 0 Å². The van der Waals surface area contributed by atoms with E-state index in [0.717, 1.165) is 35.4 Å². The summed E-state index contributed by atoms with van der Waals surface area (Å²) < 4.78 is 2.12. The summed E-state index contributed by atoms with van der Waals surface area (Å²) in [5.74, 6) is 0.954. The molecule has 0 unspecified atom stereocenters. The molecule has 2 amide bonds. The molecule has 0 saturated carbocycles. The predicted molar refractivity (Wildman–Crippen MR) is 102 cm³/mol. The highest BCUT2D eigenvalue weighted by Crippen LogP contribution is 2.15. The van der Waals surface area contributed by atoms with Crippen molar-refractivity contribution in [3.05, 3.63) is 59.9 Å². The number of anilines is 1. The Morgan fingerprint density at radius 2 is 1.88 bits per heavy atom. The molecule has 0 bridgehead atoms. The van der Waals surface area contributed by atoms with Gasteiger partial charge in [-0.3, -0.25) is 0 Å². The Hall–Kier alpha value is -2.82. The summed E-state index contributed by atoms with van der Waals surface area (Å²) in [5.41, 5.74) is 4.17. The van der Waals surface area contributed by atoms with Gasteiger partial charge < -0.3 is 15.2 Å². The molecule has 0 saturated heterocycles. The van der Waals surface area contributed by atoms with Gasteiger partial charge in [-0.2, -0.15) is 0 Å². The largest absolute Gasteiger partial charge is 0.336 e. The van der Waals surface area contributed by atoms with E-state index in [4.69, 9.17) is 0 Å². The minimum atomic E-state index is -0.190. The van der Waals surface area contributed by atoms with Crippen LogP contribution in [0, 0.1) is 6.92 Å². The van der Waals surface area contributed by atoms with Gasteiger partial charge >= 0.3 is 6.03 Å². The van der Waals surface area contributed by atoms with Gasteiger partial charge in [0.05, 0.1) is 11.0 Å². The number of aryl methyl sites for hydroxylation is 2. The average molecular weight is 336 g/mol. The quantitative estimate of drug-likeness (QED) is 0.711. The summed E-state index contributed by atoms with van der Waals surface area (Å²) in [5, 5.41) is 5.77. The van der Waals surface area contributed by atoms with E-state index in [0.29, 0.717) is 13.1 Å². The molecule has 1 heterocycles. The van der Waals surface area contributed by atoms with E-state index < -0.39 is 0 Å². The van der Waals surface area contributed by atoms with Gasteiger partial charge in [-0.05, 0) is 43.2 Å². The monoisotopic (exact) mass is 336 g/mol. The SMILES string of the molecule is CCCc1ccc(NC(=O)NCCn2c(C)nc3ccccc32)cc1. The second-order valence-corrected chi connectivity index (χ2v) is 6.13. The number of hydrogen-bond donors (Lipinski definition) is 2. The first-order valence-electron chi connectivity index (χ1n) is 8.73. The maximum Gasteiger partial charge on any atom is 0.319 e. The van der Waals surface area contributed by atoms with E-state index in [1.807, 2.05) is 43.3 Å². The van der Waals surface area contributed by atoms with E-state index in [1.165, 1.54) is 5.56 Å². The molecule has 0 fully saturated rings. The van der Waals surface area contributed by atoms with Crippen molar-refractivity contribution in [2.24, 2.45) is 0 Å². The van der Waals surface area contributed by atoms with Gasteiger partial charge in [-0.25, -0.2) is 9.78 Å². The molecule has 0 spiro atoms. The van der Waals surface area contributed by atoms with Crippen molar-refractivity contribution in [3.8, 4) is 0 Å². The second kappa shape index (κ2) is 7.83. The molecule has 0 radical (unpaired) electrons. The Morgan fingerprint density at radius 1 is 1.12 bits per heavy atom. The van der Waals surface area contributed by atoms with Crippen molar-refractivity contribution in [3.63, 3.8) is 0 Å². The maximum atomic E-state index is 12.1. The number of amides is 2. The number of para-hydroxylation sites is 2. The Balaban J connectivity index is 1.53. The normalized spacial score (nSPS) is 10.8. The first-order chi connectivity index (χ1) is 12.2. The minimum Gasteiger partial charge on any atom is -0.336 e. The van der Waals surface area contributed by atoms with Crippen molar-refractivity contribution >= 4 is 22.8 Å². The lowest BCUT2D eigenvalue weighted by Crippen LogP contribution is -2.31. The van der Waals surface area contributed by atoms with Gasteiger partial charge in [-0.1, -0.05) is 37.6 Å². The van der Waals surface area contributed by atoms with Crippen molar-refractivity contribution in [2.45, 2.75) is 33.2 Å². The molecule has 2 aromatic carbocycles. The Kier molecular flexibility index (Phi) is 5.33. The number of urea groups is 1. The van der Waals surface area contributed by atoms with Gasteiger partial charge in [0, 0.05) is 18.8 Å². The van der Waals surface area contributed by atoms with Crippen LogP contribution in [0.15, 0.2) is 48.5 Å². The fourth-order valence-electron chi connectivity index (χ4n) is 2.98. The van der Waals surface area contributed by atoms with Crippen LogP contribution >= 0.6 is 0 Å². The molecule has 1 aromatic heterocycles. The maximum absolute atomic E-state index is 12.1. The second-order valence-electron chi connectivity index (χ2n) is 6.13. The molecule has 0 aliphatic heterocycles. The Labute approximate surface area is 148 Å². The summed E-state index contributed by atoms with van der Waals surface area (Å²) >= 11 is 0. The number of imidazole rings is 1. The van der Waals surface area contributed by atoms with Crippen molar-refractivity contribution < 1.29 is 4.79 Å². The third-order valence-corrected chi connectivity index (χ3v) is 4.22. The lowest BCUT2D eigenvalue weighted by molar-refractivity contribution is 0.251. The molecule has 25 heavy (non-hydrogen) atoms. The number of carbonyl (C=O) groups is 1. The van der Waals surface area contributed by atoms with Gasteiger partial charge in [0.15, 0.2) is 0 Å². The molecule has 0 aliphatic rings. The molecule has 0 atom stereocenters. The molecule has 130 valence electrons. The minimum absolute atomic E-state index is 0.190. The number of benzene rings is 2. The number of hydrogen-bond acceptors (Lipinski definition) is 2. The lowest BCUT2D eigenvalue weighted by atomic mass is 10.1. The number of aromatic nitrogens is 2. The van der Waals surface area contributed by atoms with Crippen LogP contribution < -0.4 is 10.6 Å². The number of carbonyl (C=O) groups excluding carboxylic acids is 1. The molecule has 2 N–H and O–H groups in total. The highest BCUT2D eigenvalue weighted by molar-refractivity contribution is 5.89. The van der Waals surface area contributed by atoms with Gasteiger partial charge in [0.25, 0.3) is 0 Å². The fourth-order valence-corrected chi connectivity index (χ4v) is 2.98. The standard InChI is InChI=1S/C20H24N4O/c1-3-6-16-9-11-17(12-10-16)23-20(25)21-13-14-24-15(2)22-18-7-4-5-8-19(18)24/h4-5,7-12H,3,6,13-14H2,1-2H3,(H2,21,23,25). The number of rotatable bonds is 6. The topological polar surface area (TPSA) is 59.0 Å². The molecule has 3 rings (SSSR count). The van der Waals surface area contributed by atoms with Crippen molar-refractivity contribution in [1.29, 1.82) is 0 Å². The van der Waals surface area contributed by atoms with Crippen LogP contribution in [0.1, 0.15) is 24.7 Å². The third-order valence-electron chi connectivity index (χ3n) is 4.22. The smallest absolute Gasteiger partial charge is 0.319 e. The first-order valence-corrected chi connectivity index (χ1v) is 8.73. The van der Waals surface area contributed by atoms with E-state index in [2.05, 4.69) is 39.2 Å². The zero-order valence-corrected chi connectivity index (χ0v) is 14.7. The number of nitrogens with zero attached hydrogens (tertiary/aromatic N) is 2. The molecular formula is C20H24N4O. The number of nitrogens with one attached hydrogen (secondary N) is 2.